The summed E-state index contributed by atoms with van der Waals surface area (Å²) >= 11 is 5.06. The van der Waals surface area contributed by atoms with Gasteiger partial charge in [0.15, 0.2) is 0 Å². The minimum atomic E-state index is -0.125. The number of benzene rings is 1. The minimum Gasteiger partial charge on any atom is -0.347 e. The highest BCUT2D eigenvalue weighted by molar-refractivity contribution is 9.10. The van der Waals surface area contributed by atoms with Crippen molar-refractivity contribution in [1.82, 2.24) is 5.32 Å². The molecule has 0 aliphatic rings. The lowest BCUT2D eigenvalue weighted by atomic mass is 10.0. The summed E-state index contributed by atoms with van der Waals surface area (Å²) in [5, 5.41) is 4.91. The highest BCUT2D eigenvalue weighted by atomic mass is 79.9. The Labute approximate surface area is 136 Å². The summed E-state index contributed by atoms with van der Waals surface area (Å²) in [6.45, 7) is 2.72. The first kappa shape index (κ1) is 15.8. The van der Waals surface area contributed by atoms with E-state index in [1.807, 2.05) is 36.6 Å². The molecule has 3 N–H and O–H groups in total. The summed E-state index contributed by atoms with van der Waals surface area (Å²) in [7, 11) is 0. The van der Waals surface area contributed by atoms with E-state index >= 15 is 0 Å². The fourth-order valence-electron chi connectivity index (χ4n) is 1.81. The molecule has 1 aromatic heterocycles. The standard InChI is InChI=1S/C16H15BrN2OS/c1-11-4-5-12(3-2-7-18)13(9-11)16(20)19-10-15-14(17)6-8-21-15/h4-6,8-9H,7,10,18H2,1H3,(H,19,20). The van der Waals surface area contributed by atoms with Crippen LogP contribution in [0.3, 0.4) is 0 Å². The maximum atomic E-state index is 12.4. The zero-order chi connectivity index (χ0) is 15.2. The average Bonchev–Trinajstić information content (AvgIpc) is 2.88. The zero-order valence-electron chi connectivity index (χ0n) is 11.6. The van der Waals surface area contributed by atoms with Crippen molar-refractivity contribution in [1.29, 1.82) is 0 Å². The lowest BCUT2D eigenvalue weighted by Crippen LogP contribution is -2.23. The van der Waals surface area contributed by atoms with Gasteiger partial charge in [0.25, 0.3) is 5.91 Å². The molecule has 0 spiro atoms. The Hall–Kier alpha value is -1.61. The van der Waals surface area contributed by atoms with Crippen molar-refractivity contribution < 1.29 is 4.79 Å². The Bertz CT molecular complexity index is 713. The molecule has 1 amide bonds. The minimum absolute atomic E-state index is 0.125. The largest absolute Gasteiger partial charge is 0.347 e. The predicted octanol–water partition coefficient (Wildman–Crippen LogP) is 3.06. The Balaban J connectivity index is 2.18. The molecule has 0 aliphatic heterocycles. The summed E-state index contributed by atoms with van der Waals surface area (Å²) in [5.41, 5.74) is 7.71. The molecule has 0 bridgehead atoms. The first-order chi connectivity index (χ1) is 10.1. The second-order valence-electron chi connectivity index (χ2n) is 4.43. The Morgan fingerprint density at radius 3 is 2.90 bits per heavy atom. The maximum absolute atomic E-state index is 12.4. The molecule has 0 aliphatic carbocycles. The molecule has 2 aromatic rings. The van der Waals surface area contributed by atoms with E-state index in [4.69, 9.17) is 5.73 Å². The van der Waals surface area contributed by atoms with Crippen LogP contribution in [0.2, 0.25) is 0 Å². The zero-order valence-corrected chi connectivity index (χ0v) is 14.0. The second-order valence-corrected chi connectivity index (χ2v) is 6.28. The van der Waals surface area contributed by atoms with Gasteiger partial charge in [-0.05, 0) is 46.4 Å². The lowest BCUT2D eigenvalue weighted by molar-refractivity contribution is 0.0951. The van der Waals surface area contributed by atoms with Gasteiger partial charge >= 0.3 is 0 Å². The molecule has 1 heterocycles. The van der Waals surface area contributed by atoms with Crippen LogP contribution >= 0.6 is 27.3 Å². The van der Waals surface area contributed by atoms with Crippen molar-refractivity contribution in [2.45, 2.75) is 13.5 Å². The summed E-state index contributed by atoms with van der Waals surface area (Å²) in [6, 6.07) is 7.61. The van der Waals surface area contributed by atoms with Crippen LogP contribution in [0.1, 0.15) is 26.4 Å². The van der Waals surface area contributed by atoms with E-state index in [-0.39, 0.29) is 12.5 Å². The maximum Gasteiger partial charge on any atom is 0.252 e. The SMILES string of the molecule is Cc1ccc(C#CCN)c(C(=O)NCc2sccc2Br)c1. The number of rotatable bonds is 3. The smallest absolute Gasteiger partial charge is 0.252 e. The van der Waals surface area contributed by atoms with Crippen molar-refractivity contribution in [3.05, 3.63) is 55.7 Å². The lowest BCUT2D eigenvalue weighted by Gasteiger charge is -2.07. The third-order valence-corrected chi connectivity index (χ3v) is 4.77. The molecule has 0 unspecified atom stereocenters. The van der Waals surface area contributed by atoms with Crippen LogP contribution in [-0.4, -0.2) is 12.5 Å². The van der Waals surface area contributed by atoms with Gasteiger partial charge in [-0.25, -0.2) is 0 Å². The van der Waals surface area contributed by atoms with Crippen LogP contribution in [0.5, 0.6) is 0 Å². The molecule has 108 valence electrons. The fraction of sp³-hybridized carbons (Fsp3) is 0.188. The van der Waals surface area contributed by atoms with Crippen LogP contribution < -0.4 is 11.1 Å². The van der Waals surface area contributed by atoms with Crippen molar-refractivity contribution in [2.75, 3.05) is 6.54 Å². The van der Waals surface area contributed by atoms with E-state index in [1.165, 1.54) is 0 Å². The number of hydrogen-bond acceptors (Lipinski definition) is 3. The molecule has 3 nitrogen and oxygen atoms in total. The number of halogens is 1. The van der Waals surface area contributed by atoms with Gasteiger partial charge in [-0.1, -0.05) is 23.5 Å². The van der Waals surface area contributed by atoms with Gasteiger partial charge in [0, 0.05) is 14.9 Å². The number of hydrogen-bond donors (Lipinski definition) is 2. The van der Waals surface area contributed by atoms with Gasteiger partial charge in [0.05, 0.1) is 18.7 Å². The summed E-state index contributed by atoms with van der Waals surface area (Å²) < 4.78 is 1.01. The quantitative estimate of drug-likeness (QED) is 0.824. The summed E-state index contributed by atoms with van der Waals surface area (Å²) in [5.74, 6) is 5.61. The van der Waals surface area contributed by atoms with Crippen LogP contribution in [0.25, 0.3) is 0 Å². The summed E-state index contributed by atoms with van der Waals surface area (Å²) in [4.78, 5) is 13.5. The van der Waals surface area contributed by atoms with Crippen LogP contribution in [-0.2, 0) is 6.54 Å². The second kappa shape index (κ2) is 7.41. The highest BCUT2D eigenvalue weighted by Gasteiger charge is 2.11. The molecule has 0 saturated carbocycles. The first-order valence-corrected chi connectivity index (χ1v) is 8.08. The van der Waals surface area contributed by atoms with Crippen molar-refractivity contribution in [3.8, 4) is 11.8 Å². The normalized spacial score (nSPS) is 9.86. The number of nitrogens with one attached hydrogen (secondary N) is 1. The van der Waals surface area contributed by atoms with Crippen LogP contribution in [0.4, 0.5) is 0 Å². The fourth-order valence-corrected chi connectivity index (χ4v) is 3.24. The van der Waals surface area contributed by atoms with E-state index in [9.17, 15) is 4.79 Å². The van der Waals surface area contributed by atoms with Crippen molar-refractivity contribution in [2.24, 2.45) is 5.73 Å². The number of carbonyl (C=O) groups is 1. The number of thiophene rings is 1. The van der Waals surface area contributed by atoms with E-state index in [0.717, 1.165) is 14.9 Å². The van der Waals surface area contributed by atoms with E-state index in [0.29, 0.717) is 17.7 Å². The van der Waals surface area contributed by atoms with Gasteiger partial charge in [0.2, 0.25) is 0 Å². The number of amides is 1. The third kappa shape index (κ3) is 4.18. The molecule has 5 heteroatoms. The van der Waals surface area contributed by atoms with Crippen molar-refractivity contribution in [3.63, 3.8) is 0 Å². The molecular weight excluding hydrogens is 348 g/mol. The molecule has 0 saturated heterocycles. The molecule has 21 heavy (non-hydrogen) atoms. The van der Waals surface area contributed by atoms with Gasteiger partial charge in [-0.15, -0.1) is 11.3 Å². The molecule has 0 fully saturated rings. The topological polar surface area (TPSA) is 55.1 Å². The summed E-state index contributed by atoms with van der Waals surface area (Å²) in [6.07, 6.45) is 0. The molecule has 2 rings (SSSR count). The first-order valence-electron chi connectivity index (χ1n) is 6.41. The van der Waals surface area contributed by atoms with Crippen LogP contribution in [0, 0.1) is 18.8 Å². The molecular formula is C16H15BrN2OS. The van der Waals surface area contributed by atoms with E-state index < -0.39 is 0 Å². The highest BCUT2D eigenvalue weighted by Crippen LogP contribution is 2.22. The number of carbonyl (C=O) groups excluding carboxylic acids is 1. The van der Waals surface area contributed by atoms with Gasteiger partial charge in [0.1, 0.15) is 0 Å². The Morgan fingerprint density at radius 1 is 1.43 bits per heavy atom. The average molecular weight is 363 g/mol. The van der Waals surface area contributed by atoms with E-state index in [2.05, 4.69) is 33.1 Å². The van der Waals surface area contributed by atoms with Gasteiger partial charge in [-0.2, -0.15) is 0 Å². The molecule has 0 atom stereocenters. The van der Waals surface area contributed by atoms with Gasteiger partial charge < -0.3 is 11.1 Å². The van der Waals surface area contributed by atoms with E-state index in [1.54, 1.807) is 11.3 Å². The van der Waals surface area contributed by atoms with Crippen molar-refractivity contribution >= 4 is 33.2 Å². The number of nitrogens with two attached hydrogens (primary N) is 1. The predicted molar refractivity (Wildman–Crippen MR) is 90.3 cm³/mol. The Kier molecular flexibility index (Phi) is 5.57. The van der Waals surface area contributed by atoms with Gasteiger partial charge in [-0.3, -0.25) is 4.79 Å². The molecule has 1 aromatic carbocycles. The van der Waals surface area contributed by atoms with Crippen LogP contribution in [0.15, 0.2) is 34.1 Å². The third-order valence-electron chi connectivity index (χ3n) is 2.85. The monoisotopic (exact) mass is 362 g/mol. The molecule has 0 radical (unpaired) electrons. The number of aryl methyl sites for hydroxylation is 1. The Morgan fingerprint density at radius 2 is 2.24 bits per heavy atom.